The summed E-state index contributed by atoms with van der Waals surface area (Å²) in [5, 5.41) is 12.9. The van der Waals surface area contributed by atoms with Crippen LogP contribution in [0.3, 0.4) is 0 Å². The Bertz CT molecular complexity index is 499. The van der Waals surface area contributed by atoms with Crippen molar-refractivity contribution in [2.24, 2.45) is 0 Å². The topological polar surface area (TPSA) is 49.3 Å². The SMILES string of the molecule is O=C(O)C(NCCC1=CCCCC1)c1ccccc1Cl. The molecular formula is C16H20ClNO2. The molecule has 0 bridgehead atoms. The van der Waals surface area contributed by atoms with E-state index in [4.69, 9.17) is 11.6 Å². The minimum absolute atomic E-state index is 0.490. The lowest BCUT2D eigenvalue weighted by molar-refractivity contribution is -0.139. The summed E-state index contributed by atoms with van der Waals surface area (Å²) in [7, 11) is 0. The highest BCUT2D eigenvalue weighted by molar-refractivity contribution is 6.31. The molecule has 1 aromatic rings. The Balaban J connectivity index is 1.95. The van der Waals surface area contributed by atoms with Crippen LogP contribution < -0.4 is 5.32 Å². The Hall–Kier alpha value is -1.32. The number of hydrogen-bond acceptors (Lipinski definition) is 2. The number of allylic oxidation sites excluding steroid dienone is 1. The minimum atomic E-state index is -0.893. The molecule has 1 aliphatic carbocycles. The van der Waals surface area contributed by atoms with Crippen LogP contribution in [0.2, 0.25) is 5.02 Å². The van der Waals surface area contributed by atoms with Gasteiger partial charge < -0.3 is 10.4 Å². The third-order valence-corrected chi connectivity index (χ3v) is 3.99. The van der Waals surface area contributed by atoms with Gasteiger partial charge in [0, 0.05) is 5.02 Å². The average Bonchev–Trinajstić information content (AvgIpc) is 2.45. The number of halogens is 1. The van der Waals surface area contributed by atoms with Crippen molar-refractivity contribution in [2.45, 2.75) is 38.1 Å². The first-order valence-electron chi connectivity index (χ1n) is 7.07. The number of nitrogens with one attached hydrogen (secondary N) is 1. The third-order valence-electron chi connectivity index (χ3n) is 3.64. The summed E-state index contributed by atoms with van der Waals surface area (Å²) in [4.78, 5) is 11.4. The second kappa shape index (κ2) is 7.46. The lowest BCUT2D eigenvalue weighted by Gasteiger charge is -2.18. The number of carbonyl (C=O) groups is 1. The molecule has 1 aromatic carbocycles. The molecule has 0 saturated heterocycles. The maximum absolute atomic E-state index is 11.4. The number of carboxylic acids is 1. The van der Waals surface area contributed by atoms with Gasteiger partial charge in [0.2, 0.25) is 0 Å². The molecule has 2 rings (SSSR count). The zero-order valence-electron chi connectivity index (χ0n) is 11.4. The van der Waals surface area contributed by atoms with Crippen LogP contribution in [0.5, 0.6) is 0 Å². The summed E-state index contributed by atoms with van der Waals surface area (Å²) in [6.07, 6.45) is 8.02. The summed E-state index contributed by atoms with van der Waals surface area (Å²) in [6.45, 7) is 0.661. The molecular weight excluding hydrogens is 274 g/mol. The number of aliphatic carboxylic acids is 1. The maximum atomic E-state index is 11.4. The molecule has 20 heavy (non-hydrogen) atoms. The molecule has 2 N–H and O–H groups in total. The fourth-order valence-corrected chi connectivity index (χ4v) is 2.79. The molecule has 0 aromatic heterocycles. The van der Waals surface area contributed by atoms with Gasteiger partial charge >= 0.3 is 5.97 Å². The first kappa shape index (κ1) is 15.1. The fraction of sp³-hybridized carbons (Fsp3) is 0.438. The molecule has 0 amide bonds. The zero-order valence-corrected chi connectivity index (χ0v) is 12.2. The predicted octanol–water partition coefficient (Wildman–Crippen LogP) is 3.95. The second-order valence-corrected chi connectivity index (χ2v) is 5.51. The smallest absolute Gasteiger partial charge is 0.325 e. The van der Waals surface area contributed by atoms with Crippen molar-refractivity contribution in [1.29, 1.82) is 0 Å². The first-order valence-corrected chi connectivity index (χ1v) is 7.45. The number of rotatable bonds is 6. The van der Waals surface area contributed by atoms with Crippen molar-refractivity contribution in [1.82, 2.24) is 5.32 Å². The normalized spacial score (nSPS) is 16.6. The molecule has 0 spiro atoms. The summed E-state index contributed by atoms with van der Waals surface area (Å²) >= 11 is 6.08. The zero-order chi connectivity index (χ0) is 14.4. The number of hydrogen-bond donors (Lipinski definition) is 2. The van der Waals surface area contributed by atoms with Gasteiger partial charge in [-0.15, -0.1) is 0 Å². The molecule has 1 atom stereocenters. The maximum Gasteiger partial charge on any atom is 0.325 e. The molecule has 1 unspecified atom stereocenters. The van der Waals surface area contributed by atoms with E-state index in [0.717, 1.165) is 19.3 Å². The lowest BCUT2D eigenvalue weighted by atomic mass is 9.97. The summed E-state index contributed by atoms with van der Waals surface area (Å²) in [5.74, 6) is -0.893. The van der Waals surface area contributed by atoms with E-state index in [1.807, 2.05) is 6.07 Å². The molecule has 0 aliphatic heterocycles. The monoisotopic (exact) mass is 293 g/mol. The van der Waals surface area contributed by atoms with E-state index in [9.17, 15) is 9.90 Å². The first-order chi connectivity index (χ1) is 9.68. The van der Waals surface area contributed by atoms with Crippen LogP contribution in [-0.4, -0.2) is 17.6 Å². The van der Waals surface area contributed by atoms with Crippen LogP contribution in [0, 0.1) is 0 Å². The van der Waals surface area contributed by atoms with Crippen molar-refractivity contribution >= 4 is 17.6 Å². The highest BCUT2D eigenvalue weighted by Crippen LogP contribution is 2.24. The van der Waals surface area contributed by atoms with Crippen molar-refractivity contribution in [2.75, 3.05) is 6.54 Å². The van der Waals surface area contributed by atoms with Crippen LogP contribution >= 0.6 is 11.6 Å². The van der Waals surface area contributed by atoms with Gasteiger partial charge in [-0.2, -0.15) is 0 Å². The van der Waals surface area contributed by atoms with Crippen molar-refractivity contribution < 1.29 is 9.90 Å². The van der Waals surface area contributed by atoms with Crippen LogP contribution in [0.4, 0.5) is 0 Å². The van der Waals surface area contributed by atoms with E-state index in [1.54, 1.807) is 18.2 Å². The van der Waals surface area contributed by atoms with Gasteiger partial charge in [0.25, 0.3) is 0 Å². The van der Waals surface area contributed by atoms with Crippen molar-refractivity contribution in [3.63, 3.8) is 0 Å². The van der Waals surface area contributed by atoms with E-state index >= 15 is 0 Å². The Morgan fingerprint density at radius 3 is 2.80 bits per heavy atom. The van der Waals surface area contributed by atoms with Gasteiger partial charge in [-0.25, -0.2) is 0 Å². The standard InChI is InChI=1S/C16H20ClNO2/c17-14-9-5-4-8-13(14)15(16(19)20)18-11-10-12-6-2-1-3-7-12/h4-6,8-9,15,18H,1-3,7,10-11H2,(H,19,20). The van der Waals surface area contributed by atoms with Crippen LogP contribution in [0.1, 0.15) is 43.7 Å². The fourth-order valence-electron chi connectivity index (χ4n) is 2.55. The van der Waals surface area contributed by atoms with Gasteiger partial charge in [-0.3, -0.25) is 4.79 Å². The Morgan fingerprint density at radius 1 is 1.35 bits per heavy atom. The van der Waals surface area contributed by atoms with Gasteiger partial charge in [0.1, 0.15) is 6.04 Å². The van der Waals surface area contributed by atoms with Gasteiger partial charge in [0.05, 0.1) is 0 Å². The Kier molecular flexibility index (Phi) is 5.62. The highest BCUT2D eigenvalue weighted by atomic mass is 35.5. The largest absolute Gasteiger partial charge is 0.480 e. The van der Waals surface area contributed by atoms with Gasteiger partial charge in [-0.1, -0.05) is 41.4 Å². The average molecular weight is 294 g/mol. The molecule has 1 aliphatic rings. The van der Waals surface area contributed by atoms with E-state index < -0.39 is 12.0 Å². The van der Waals surface area contributed by atoms with Crippen LogP contribution in [-0.2, 0) is 4.79 Å². The molecule has 108 valence electrons. The summed E-state index contributed by atoms with van der Waals surface area (Å²) in [6, 6.07) is 6.35. The van der Waals surface area contributed by atoms with E-state index in [2.05, 4.69) is 11.4 Å². The Morgan fingerprint density at radius 2 is 2.15 bits per heavy atom. The van der Waals surface area contributed by atoms with Crippen LogP contribution in [0.25, 0.3) is 0 Å². The molecule has 0 heterocycles. The highest BCUT2D eigenvalue weighted by Gasteiger charge is 2.21. The van der Waals surface area contributed by atoms with E-state index in [0.29, 0.717) is 17.1 Å². The van der Waals surface area contributed by atoms with Gasteiger partial charge in [0.15, 0.2) is 0 Å². The summed E-state index contributed by atoms with van der Waals surface area (Å²) in [5.41, 5.74) is 2.06. The van der Waals surface area contributed by atoms with Gasteiger partial charge in [-0.05, 0) is 50.3 Å². The van der Waals surface area contributed by atoms with Crippen LogP contribution in [0.15, 0.2) is 35.9 Å². The molecule has 0 saturated carbocycles. The van der Waals surface area contributed by atoms with E-state index in [1.165, 1.54) is 18.4 Å². The minimum Gasteiger partial charge on any atom is -0.480 e. The summed E-state index contributed by atoms with van der Waals surface area (Å²) < 4.78 is 0. The molecule has 4 heteroatoms. The third kappa shape index (κ3) is 4.09. The van der Waals surface area contributed by atoms with Crippen molar-refractivity contribution in [3.05, 3.63) is 46.5 Å². The Labute approximate surface area is 124 Å². The predicted molar refractivity (Wildman–Crippen MR) is 81.0 cm³/mol. The van der Waals surface area contributed by atoms with E-state index in [-0.39, 0.29) is 0 Å². The molecule has 0 radical (unpaired) electrons. The number of carboxylic acid groups (broad SMARTS) is 1. The van der Waals surface area contributed by atoms with Crippen molar-refractivity contribution in [3.8, 4) is 0 Å². The second-order valence-electron chi connectivity index (χ2n) is 5.11. The molecule has 0 fully saturated rings. The lowest BCUT2D eigenvalue weighted by Crippen LogP contribution is -2.29. The number of benzene rings is 1. The molecule has 3 nitrogen and oxygen atoms in total. The quantitative estimate of drug-likeness (QED) is 0.781.